The molecular formula is C25H30F2N4O4. The van der Waals surface area contributed by atoms with Crippen LogP contribution in [0.1, 0.15) is 46.0 Å². The Morgan fingerprint density at radius 1 is 1.26 bits per heavy atom. The highest BCUT2D eigenvalue weighted by Gasteiger charge is 2.37. The summed E-state index contributed by atoms with van der Waals surface area (Å²) in [5, 5.41) is 17.0. The minimum Gasteiger partial charge on any atom is -0.453 e. The first-order chi connectivity index (χ1) is 16.6. The van der Waals surface area contributed by atoms with Gasteiger partial charge in [0, 0.05) is 18.3 Å². The van der Waals surface area contributed by atoms with E-state index in [-0.39, 0.29) is 18.8 Å². The highest BCUT2D eigenvalue weighted by molar-refractivity contribution is 5.99. The van der Waals surface area contributed by atoms with E-state index >= 15 is 0 Å². The summed E-state index contributed by atoms with van der Waals surface area (Å²) >= 11 is 0. The Morgan fingerprint density at radius 2 is 1.94 bits per heavy atom. The van der Waals surface area contributed by atoms with Crippen molar-refractivity contribution in [2.45, 2.75) is 64.1 Å². The van der Waals surface area contributed by atoms with Gasteiger partial charge in [0.2, 0.25) is 5.91 Å². The van der Waals surface area contributed by atoms with Crippen LogP contribution in [0.2, 0.25) is 0 Å². The molecule has 1 saturated carbocycles. The van der Waals surface area contributed by atoms with Gasteiger partial charge in [-0.25, -0.2) is 8.78 Å². The zero-order valence-electron chi connectivity index (χ0n) is 19.8. The zero-order chi connectivity index (χ0) is 25.2. The van der Waals surface area contributed by atoms with E-state index in [1.165, 1.54) is 21.7 Å². The fraction of sp³-hybridized carbons (Fsp3) is 0.480. The van der Waals surface area contributed by atoms with Crippen LogP contribution in [0, 0.1) is 17.6 Å². The number of amides is 2. The lowest BCUT2D eigenvalue weighted by Gasteiger charge is -2.29. The third-order valence-electron chi connectivity index (χ3n) is 6.20. The first-order valence-electron chi connectivity index (χ1n) is 11.8. The second-order valence-corrected chi connectivity index (χ2v) is 9.83. The number of para-hydroxylation sites is 1. The maximum Gasteiger partial charge on any atom is 0.251 e. The van der Waals surface area contributed by atoms with E-state index in [4.69, 9.17) is 4.74 Å². The average Bonchev–Trinajstić information content (AvgIpc) is 3.50. The molecule has 2 aliphatic rings. The van der Waals surface area contributed by atoms with Gasteiger partial charge in [-0.05, 0) is 38.3 Å². The van der Waals surface area contributed by atoms with E-state index < -0.39 is 40.8 Å². The summed E-state index contributed by atoms with van der Waals surface area (Å²) in [6.45, 7) is 3.48. The molecule has 0 bridgehead atoms. The minimum absolute atomic E-state index is 0.0673. The third-order valence-corrected chi connectivity index (χ3v) is 6.20. The smallest absolute Gasteiger partial charge is 0.251 e. The van der Waals surface area contributed by atoms with Gasteiger partial charge in [0.25, 0.3) is 5.91 Å². The van der Waals surface area contributed by atoms with Crippen molar-refractivity contribution in [1.29, 1.82) is 0 Å². The van der Waals surface area contributed by atoms with Crippen LogP contribution in [0.5, 0.6) is 5.75 Å². The summed E-state index contributed by atoms with van der Waals surface area (Å²) in [5.41, 5.74) is -0.972. The van der Waals surface area contributed by atoms with Crippen molar-refractivity contribution in [2.24, 2.45) is 5.92 Å². The fourth-order valence-corrected chi connectivity index (χ4v) is 4.61. The van der Waals surface area contributed by atoms with Crippen molar-refractivity contribution in [2.75, 3.05) is 11.9 Å². The predicted molar refractivity (Wildman–Crippen MR) is 124 cm³/mol. The number of nitrogens with one attached hydrogen (secondary N) is 1. The first-order valence-corrected chi connectivity index (χ1v) is 11.8. The van der Waals surface area contributed by atoms with Crippen molar-refractivity contribution in [1.82, 2.24) is 14.7 Å². The van der Waals surface area contributed by atoms with Gasteiger partial charge >= 0.3 is 0 Å². The highest BCUT2D eigenvalue weighted by Crippen LogP contribution is 2.32. The maximum absolute atomic E-state index is 14.0. The van der Waals surface area contributed by atoms with Gasteiger partial charge in [-0.15, -0.1) is 0 Å². The summed E-state index contributed by atoms with van der Waals surface area (Å²) in [6.07, 6.45) is 7.39. The number of benzene rings is 1. The fourth-order valence-electron chi connectivity index (χ4n) is 4.61. The van der Waals surface area contributed by atoms with Crippen molar-refractivity contribution in [3.8, 4) is 5.75 Å². The summed E-state index contributed by atoms with van der Waals surface area (Å²) in [4.78, 5) is 27.5. The van der Waals surface area contributed by atoms with E-state index in [1.54, 1.807) is 26.1 Å². The van der Waals surface area contributed by atoms with Crippen molar-refractivity contribution in [3.63, 3.8) is 0 Å². The van der Waals surface area contributed by atoms with Crippen LogP contribution < -0.4 is 10.1 Å². The molecule has 2 amide bonds. The topological polar surface area (TPSA) is 96.7 Å². The Balaban J connectivity index is 1.48. The number of rotatable bonds is 9. The van der Waals surface area contributed by atoms with Crippen molar-refractivity contribution < 1.29 is 28.2 Å². The normalized spacial score (nSPS) is 17.6. The van der Waals surface area contributed by atoms with Gasteiger partial charge in [0.1, 0.15) is 11.8 Å². The van der Waals surface area contributed by atoms with Gasteiger partial charge in [0.15, 0.2) is 23.2 Å². The van der Waals surface area contributed by atoms with E-state index in [1.807, 2.05) is 0 Å². The molecule has 4 rings (SSSR count). The zero-order valence-corrected chi connectivity index (χ0v) is 19.8. The molecule has 8 nitrogen and oxygen atoms in total. The largest absolute Gasteiger partial charge is 0.453 e. The van der Waals surface area contributed by atoms with Crippen molar-refractivity contribution in [3.05, 3.63) is 53.9 Å². The van der Waals surface area contributed by atoms with Crippen LogP contribution in [-0.4, -0.2) is 49.8 Å². The lowest BCUT2D eigenvalue weighted by atomic mass is 9.96. The lowest BCUT2D eigenvalue weighted by Crippen LogP contribution is -2.46. The Labute approximate surface area is 202 Å². The monoisotopic (exact) mass is 488 g/mol. The number of anilines is 1. The van der Waals surface area contributed by atoms with Crippen LogP contribution in [-0.2, 0) is 16.1 Å². The number of nitrogens with zero attached hydrogens (tertiary/aromatic N) is 3. The standard InChI is InChI=1S/C25H30F2N4O4/c1-25(2,34)15-30-11-10-21(29-30)28-24(33)20(12-16-6-3-4-7-16)31-14-17(13-22(31)32)35-23-18(26)8-5-9-19(23)27/h5,8-11,13,16,20,34H,3-4,6-7,12,14-15H2,1-2H3,(H,28,29,33). The number of halogens is 2. The maximum atomic E-state index is 14.0. The molecular weight excluding hydrogens is 458 g/mol. The molecule has 1 atom stereocenters. The second-order valence-electron chi connectivity index (χ2n) is 9.83. The Kier molecular flexibility index (Phi) is 7.20. The van der Waals surface area contributed by atoms with Crippen LogP contribution >= 0.6 is 0 Å². The number of hydrogen-bond acceptors (Lipinski definition) is 5. The van der Waals surface area contributed by atoms with Gasteiger partial charge in [0.05, 0.1) is 18.7 Å². The summed E-state index contributed by atoms with van der Waals surface area (Å²) < 4.78 is 35.0. The molecule has 0 saturated heterocycles. The van der Waals surface area contributed by atoms with Crippen LogP contribution in [0.15, 0.2) is 42.3 Å². The molecule has 1 aromatic heterocycles. The molecule has 10 heteroatoms. The Bertz CT molecular complexity index is 1100. The molecule has 1 aliphatic carbocycles. The van der Waals surface area contributed by atoms with E-state index in [0.717, 1.165) is 37.8 Å². The number of carbonyl (C=O) groups is 2. The average molecular weight is 489 g/mol. The van der Waals surface area contributed by atoms with E-state index in [9.17, 15) is 23.5 Å². The number of carbonyl (C=O) groups excluding carboxylic acids is 2. The summed E-state index contributed by atoms with van der Waals surface area (Å²) in [7, 11) is 0. The lowest BCUT2D eigenvalue weighted by molar-refractivity contribution is -0.134. The Morgan fingerprint density at radius 3 is 2.60 bits per heavy atom. The molecule has 2 aromatic rings. The number of aliphatic hydroxyl groups is 1. The molecule has 2 heterocycles. The first kappa shape index (κ1) is 24.8. The highest BCUT2D eigenvalue weighted by atomic mass is 19.1. The van der Waals surface area contributed by atoms with Crippen molar-refractivity contribution >= 4 is 17.6 Å². The molecule has 1 aliphatic heterocycles. The molecule has 0 spiro atoms. The number of aromatic nitrogens is 2. The second kappa shape index (κ2) is 10.2. The number of ether oxygens (including phenoxy) is 1. The summed E-state index contributed by atoms with van der Waals surface area (Å²) in [5.74, 6) is -2.52. The van der Waals surface area contributed by atoms with Crippen LogP contribution in [0.25, 0.3) is 0 Å². The quantitative estimate of drug-likeness (QED) is 0.562. The van der Waals surface area contributed by atoms with Gasteiger partial charge in [-0.1, -0.05) is 31.7 Å². The molecule has 0 radical (unpaired) electrons. The SMILES string of the molecule is CC(C)(O)Cn1ccc(NC(=O)C(CC2CCCC2)N2CC(Oc3c(F)cccc3F)=CC2=O)n1. The summed E-state index contributed by atoms with van der Waals surface area (Å²) in [6, 6.07) is 4.19. The minimum atomic E-state index is -0.972. The van der Waals surface area contributed by atoms with E-state index in [2.05, 4.69) is 10.4 Å². The molecule has 1 unspecified atom stereocenters. The van der Waals surface area contributed by atoms with Gasteiger partial charge < -0.3 is 20.1 Å². The molecule has 1 aromatic carbocycles. The third kappa shape index (κ3) is 6.25. The predicted octanol–water partition coefficient (Wildman–Crippen LogP) is 3.62. The van der Waals surface area contributed by atoms with Gasteiger partial charge in [-0.2, -0.15) is 5.10 Å². The molecule has 2 N–H and O–H groups in total. The number of hydrogen-bond donors (Lipinski definition) is 2. The van der Waals surface area contributed by atoms with Crippen LogP contribution in [0.3, 0.4) is 0 Å². The molecule has 188 valence electrons. The van der Waals surface area contributed by atoms with Crippen LogP contribution in [0.4, 0.5) is 14.6 Å². The molecule has 35 heavy (non-hydrogen) atoms. The van der Waals surface area contributed by atoms with E-state index in [0.29, 0.717) is 18.2 Å². The molecule has 1 fully saturated rings. The Hall–Kier alpha value is -3.27. The van der Waals surface area contributed by atoms with Gasteiger partial charge in [-0.3, -0.25) is 14.3 Å².